The Morgan fingerprint density at radius 3 is 2.82 bits per heavy atom. The number of hydrogen-bond donors (Lipinski definition) is 2. The minimum absolute atomic E-state index is 0.00251. The Morgan fingerprint density at radius 2 is 2.29 bits per heavy atom. The van der Waals surface area contributed by atoms with Crippen LogP contribution in [0.3, 0.4) is 0 Å². The molecule has 0 radical (unpaired) electrons. The number of hydrogen-bond acceptors (Lipinski definition) is 4. The van der Waals surface area contributed by atoms with Crippen molar-refractivity contribution < 1.29 is 13.2 Å². The molecule has 1 aliphatic heterocycles. The Balaban J connectivity index is 2.08. The Morgan fingerprint density at radius 1 is 1.53 bits per heavy atom. The van der Waals surface area contributed by atoms with Crippen LogP contribution in [0.4, 0.5) is 0 Å². The normalized spacial score (nSPS) is 20.9. The summed E-state index contributed by atoms with van der Waals surface area (Å²) in [5.74, 6) is 0. The third-order valence-corrected chi connectivity index (χ3v) is 4.54. The van der Waals surface area contributed by atoms with Crippen molar-refractivity contribution in [1.29, 1.82) is 0 Å². The molecule has 1 aromatic heterocycles. The largest absolute Gasteiger partial charge is 0.377 e. The summed E-state index contributed by atoms with van der Waals surface area (Å²) in [7, 11) is -3.49. The molecule has 6 nitrogen and oxygen atoms in total. The summed E-state index contributed by atoms with van der Waals surface area (Å²) >= 11 is 0. The Labute approximate surface area is 101 Å². The Kier molecular flexibility index (Phi) is 3.50. The zero-order valence-corrected chi connectivity index (χ0v) is 10.8. The van der Waals surface area contributed by atoms with Gasteiger partial charge in [0.1, 0.15) is 4.90 Å². The molecule has 1 aromatic rings. The van der Waals surface area contributed by atoms with Crippen LogP contribution in [0.2, 0.25) is 0 Å². The van der Waals surface area contributed by atoms with E-state index in [4.69, 9.17) is 4.74 Å². The van der Waals surface area contributed by atoms with E-state index >= 15 is 0 Å². The second kappa shape index (κ2) is 4.75. The van der Waals surface area contributed by atoms with Gasteiger partial charge in [-0.25, -0.2) is 13.1 Å². The van der Waals surface area contributed by atoms with Crippen LogP contribution < -0.4 is 4.72 Å². The maximum absolute atomic E-state index is 12.1. The number of ether oxygens (including phenoxy) is 1. The van der Waals surface area contributed by atoms with Gasteiger partial charge in [-0.15, -0.1) is 0 Å². The fourth-order valence-corrected chi connectivity index (χ4v) is 3.45. The van der Waals surface area contributed by atoms with Crippen LogP contribution in [0.25, 0.3) is 0 Å². The number of aromatic amines is 1. The second-order valence-corrected chi connectivity index (χ2v) is 5.95. The van der Waals surface area contributed by atoms with Gasteiger partial charge in [0.15, 0.2) is 0 Å². The van der Waals surface area contributed by atoms with E-state index in [1.807, 2.05) is 0 Å². The molecule has 2 heterocycles. The quantitative estimate of drug-likeness (QED) is 0.824. The van der Waals surface area contributed by atoms with Crippen molar-refractivity contribution in [3.05, 3.63) is 11.4 Å². The number of nitrogens with one attached hydrogen (secondary N) is 2. The van der Waals surface area contributed by atoms with Crippen molar-refractivity contribution in [1.82, 2.24) is 14.9 Å². The van der Waals surface area contributed by atoms with E-state index in [1.54, 1.807) is 13.8 Å². The molecule has 1 saturated heterocycles. The van der Waals surface area contributed by atoms with Crippen molar-refractivity contribution in [2.45, 2.75) is 37.7 Å². The predicted octanol–water partition coefficient (Wildman–Crippen LogP) is 0.484. The van der Waals surface area contributed by atoms with Crippen LogP contribution in [0, 0.1) is 13.8 Å². The molecule has 0 spiro atoms. The molecule has 0 amide bonds. The average Bonchev–Trinajstić information content (AvgIpc) is 2.86. The summed E-state index contributed by atoms with van der Waals surface area (Å²) < 4.78 is 32.1. The van der Waals surface area contributed by atoms with E-state index in [0.717, 1.165) is 19.4 Å². The highest BCUT2D eigenvalue weighted by Gasteiger charge is 2.24. The summed E-state index contributed by atoms with van der Waals surface area (Å²) in [5, 5.41) is 6.56. The van der Waals surface area contributed by atoms with Crippen LogP contribution >= 0.6 is 0 Å². The number of aryl methyl sites for hydroxylation is 2. The van der Waals surface area contributed by atoms with E-state index < -0.39 is 10.0 Å². The molecule has 1 aliphatic rings. The number of aromatic nitrogens is 2. The molecule has 17 heavy (non-hydrogen) atoms. The SMILES string of the molecule is Cc1n[nH]c(C)c1S(=O)(=O)NCC1CCCO1. The van der Waals surface area contributed by atoms with E-state index in [1.165, 1.54) is 0 Å². The van der Waals surface area contributed by atoms with Crippen LogP contribution in [0.1, 0.15) is 24.2 Å². The summed E-state index contributed by atoms with van der Waals surface area (Å²) in [4.78, 5) is 0.246. The van der Waals surface area contributed by atoms with E-state index in [-0.39, 0.29) is 11.0 Å². The van der Waals surface area contributed by atoms with Gasteiger partial charge in [-0.05, 0) is 26.7 Å². The highest BCUT2D eigenvalue weighted by Crippen LogP contribution is 2.17. The summed E-state index contributed by atoms with van der Waals surface area (Å²) in [6.45, 7) is 4.41. The predicted molar refractivity (Wildman–Crippen MR) is 62.2 cm³/mol. The van der Waals surface area contributed by atoms with Gasteiger partial charge < -0.3 is 4.74 Å². The molecule has 1 unspecified atom stereocenters. The highest BCUT2D eigenvalue weighted by atomic mass is 32.2. The number of H-pyrrole nitrogens is 1. The molecule has 0 aliphatic carbocycles. The molecule has 1 atom stereocenters. The Hall–Kier alpha value is -0.920. The lowest BCUT2D eigenvalue weighted by atomic mass is 10.2. The first-order valence-electron chi connectivity index (χ1n) is 5.63. The average molecular weight is 259 g/mol. The topological polar surface area (TPSA) is 84.1 Å². The molecule has 1 fully saturated rings. The smallest absolute Gasteiger partial charge is 0.244 e. The molecule has 2 N–H and O–H groups in total. The van der Waals surface area contributed by atoms with E-state index in [0.29, 0.717) is 17.9 Å². The van der Waals surface area contributed by atoms with E-state index in [9.17, 15) is 8.42 Å². The first-order valence-corrected chi connectivity index (χ1v) is 7.12. The molecule has 0 aromatic carbocycles. The fraction of sp³-hybridized carbons (Fsp3) is 0.700. The third-order valence-electron chi connectivity index (χ3n) is 2.85. The van der Waals surface area contributed by atoms with Crippen LogP contribution in [-0.4, -0.2) is 37.9 Å². The van der Waals surface area contributed by atoms with Crippen molar-refractivity contribution in [2.75, 3.05) is 13.2 Å². The van der Waals surface area contributed by atoms with Crippen molar-refractivity contribution in [2.24, 2.45) is 0 Å². The maximum Gasteiger partial charge on any atom is 0.244 e. The van der Waals surface area contributed by atoms with Crippen molar-refractivity contribution in [3.8, 4) is 0 Å². The number of sulfonamides is 1. The lowest BCUT2D eigenvalue weighted by Gasteiger charge is -2.11. The Bertz CT molecular complexity index is 469. The molecule has 0 bridgehead atoms. The minimum atomic E-state index is -3.49. The second-order valence-electron chi connectivity index (χ2n) is 4.25. The molecular weight excluding hydrogens is 242 g/mol. The molecule has 7 heteroatoms. The molecular formula is C10H17N3O3S. The zero-order chi connectivity index (χ0) is 12.5. The molecule has 96 valence electrons. The van der Waals surface area contributed by atoms with Gasteiger partial charge in [0.2, 0.25) is 10.0 Å². The maximum atomic E-state index is 12.1. The van der Waals surface area contributed by atoms with E-state index in [2.05, 4.69) is 14.9 Å². The standard InChI is InChI=1S/C10H17N3O3S/c1-7-10(8(2)13-12-7)17(14,15)11-6-9-4-3-5-16-9/h9,11H,3-6H2,1-2H3,(H,12,13). The molecule has 2 rings (SSSR count). The van der Waals surface area contributed by atoms with Gasteiger partial charge in [0, 0.05) is 13.2 Å². The van der Waals surface area contributed by atoms with Gasteiger partial charge in [0.05, 0.1) is 17.5 Å². The lowest BCUT2D eigenvalue weighted by molar-refractivity contribution is 0.114. The number of rotatable bonds is 4. The minimum Gasteiger partial charge on any atom is -0.377 e. The van der Waals surface area contributed by atoms with Gasteiger partial charge in [-0.2, -0.15) is 5.10 Å². The first kappa shape index (κ1) is 12.5. The van der Waals surface area contributed by atoms with Crippen LogP contribution in [-0.2, 0) is 14.8 Å². The lowest BCUT2D eigenvalue weighted by Crippen LogP contribution is -2.32. The fourth-order valence-electron chi connectivity index (χ4n) is 2.02. The first-order chi connectivity index (χ1) is 8.00. The van der Waals surface area contributed by atoms with Crippen molar-refractivity contribution >= 4 is 10.0 Å². The van der Waals surface area contributed by atoms with Gasteiger partial charge >= 0.3 is 0 Å². The summed E-state index contributed by atoms with van der Waals surface area (Å²) in [6.07, 6.45) is 1.90. The van der Waals surface area contributed by atoms with Gasteiger partial charge in [0.25, 0.3) is 0 Å². The summed E-state index contributed by atoms with van der Waals surface area (Å²) in [6, 6.07) is 0. The van der Waals surface area contributed by atoms with Crippen molar-refractivity contribution in [3.63, 3.8) is 0 Å². The highest BCUT2D eigenvalue weighted by molar-refractivity contribution is 7.89. The third kappa shape index (κ3) is 2.67. The molecule has 0 saturated carbocycles. The van der Waals surface area contributed by atoms with Crippen LogP contribution in [0.15, 0.2) is 4.90 Å². The number of nitrogens with zero attached hydrogens (tertiary/aromatic N) is 1. The zero-order valence-electron chi connectivity index (χ0n) is 9.99. The van der Waals surface area contributed by atoms with Crippen LogP contribution in [0.5, 0.6) is 0 Å². The van der Waals surface area contributed by atoms with Gasteiger partial charge in [-0.1, -0.05) is 0 Å². The monoisotopic (exact) mass is 259 g/mol. The summed E-state index contributed by atoms with van der Waals surface area (Å²) in [5.41, 5.74) is 1.05. The van der Waals surface area contributed by atoms with Gasteiger partial charge in [-0.3, -0.25) is 5.10 Å².